The van der Waals surface area contributed by atoms with E-state index in [1.54, 1.807) is 6.92 Å². The molecule has 0 aliphatic carbocycles. The molecule has 2 amide bonds. The number of carbonyl (C=O) groups is 2. The van der Waals surface area contributed by atoms with Gasteiger partial charge in [0, 0.05) is 11.7 Å². The number of aromatic nitrogens is 1. The predicted octanol–water partition coefficient (Wildman–Crippen LogP) is 2.87. The smallest absolute Gasteiger partial charge is 0.279 e. The van der Waals surface area contributed by atoms with Crippen LogP contribution in [0.25, 0.3) is 10.9 Å². The van der Waals surface area contributed by atoms with Crippen LogP contribution in [-0.4, -0.2) is 22.5 Å². The molecule has 3 rings (SSSR count). The van der Waals surface area contributed by atoms with Crippen LogP contribution in [0, 0.1) is 13.8 Å². The molecule has 140 valence electrons. The lowest BCUT2D eigenvalue weighted by atomic mass is 10.1. The van der Waals surface area contributed by atoms with Crippen LogP contribution in [0.4, 0.5) is 0 Å². The van der Waals surface area contributed by atoms with Gasteiger partial charge in [0.15, 0.2) is 6.10 Å². The summed E-state index contributed by atoms with van der Waals surface area (Å²) in [5.74, 6) is -0.0439. The van der Waals surface area contributed by atoms with Crippen molar-refractivity contribution in [3.05, 3.63) is 65.9 Å². The molecule has 0 fully saturated rings. The third-order valence-corrected chi connectivity index (χ3v) is 4.39. The average molecular weight is 365 g/mol. The van der Waals surface area contributed by atoms with E-state index in [0.29, 0.717) is 5.75 Å². The lowest BCUT2D eigenvalue weighted by Gasteiger charge is -2.18. The summed E-state index contributed by atoms with van der Waals surface area (Å²) in [5.41, 5.74) is 7.74. The second-order valence-corrected chi connectivity index (χ2v) is 6.52. The normalized spacial score (nSPS) is 11.8. The van der Waals surface area contributed by atoms with Crippen LogP contribution in [0.15, 0.2) is 54.7 Å². The van der Waals surface area contributed by atoms with E-state index in [9.17, 15) is 9.59 Å². The van der Waals surface area contributed by atoms with Gasteiger partial charge >= 0.3 is 0 Å². The number of carbonyl (C=O) groups excluding carboxylic acids is 2. The molecular weight excluding hydrogens is 342 g/mol. The zero-order chi connectivity index (χ0) is 19.4. The van der Waals surface area contributed by atoms with Gasteiger partial charge in [-0.05, 0) is 49.4 Å². The van der Waals surface area contributed by atoms with Crippen LogP contribution in [0.5, 0.6) is 5.75 Å². The number of amides is 2. The first-order chi connectivity index (χ1) is 13.0. The van der Waals surface area contributed by atoms with Crippen LogP contribution >= 0.6 is 0 Å². The summed E-state index contributed by atoms with van der Waals surface area (Å²) < 4.78 is 7.59. The fraction of sp³-hybridized carbons (Fsp3) is 0.238. The van der Waals surface area contributed by atoms with Crippen molar-refractivity contribution in [2.75, 3.05) is 0 Å². The molecule has 0 radical (unpaired) electrons. The van der Waals surface area contributed by atoms with Crippen molar-refractivity contribution < 1.29 is 14.3 Å². The van der Waals surface area contributed by atoms with Gasteiger partial charge < -0.3 is 9.30 Å². The Morgan fingerprint density at radius 1 is 1.00 bits per heavy atom. The van der Waals surface area contributed by atoms with E-state index in [-0.39, 0.29) is 12.5 Å². The number of benzene rings is 2. The highest BCUT2D eigenvalue weighted by Crippen LogP contribution is 2.23. The second kappa shape index (κ2) is 7.95. The summed E-state index contributed by atoms with van der Waals surface area (Å²) in [6.45, 7) is 5.61. The van der Waals surface area contributed by atoms with E-state index < -0.39 is 12.0 Å². The molecule has 0 saturated carbocycles. The Bertz CT molecular complexity index is 957. The number of aryl methyl sites for hydroxylation is 2. The van der Waals surface area contributed by atoms with Gasteiger partial charge in [-0.1, -0.05) is 36.4 Å². The van der Waals surface area contributed by atoms with E-state index in [1.807, 2.05) is 73.1 Å². The number of hydrazine groups is 1. The van der Waals surface area contributed by atoms with Crippen molar-refractivity contribution in [2.24, 2.45) is 0 Å². The van der Waals surface area contributed by atoms with Gasteiger partial charge in [-0.2, -0.15) is 0 Å². The maximum absolute atomic E-state index is 12.2. The maximum Gasteiger partial charge on any atom is 0.279 e. The predicted molar refractivity (Wildman–Crippen MR) is 104 cm³/mol. The highest BCUT2D eigenvalue weighted by atomic mass is 16.5. The maximum atomic E-state index is 12.2. The van der Waals surface area contributed by atoms with E-state index in [0.717, 1.165) is 22.0 Å². The molecule has 1 unspecified atom stereocenters. The molecule has 6 nitrogen and oxygen atoms in total. The van der Waals surface area contributed by atoms with Gasteiger partial charge in [-0.3, -0.25) is 20.4 Å². The highest BCUT2D eigenvalue weighted by Gasteiger charge is 2.17. The minimum atomic E-state index is -0.738. The average Bonchev–Trinajstić information content (AvgIpc) is 3.05. The van der Waals surface area contributed by atoms with Gasteiger partial charge in [0.05, 0.1) is 0 Å². The molecule has 27 heavy (non-hydrogen) atoms. The number of hydrogen-bond donors (Lipinski definition) is 2. The van der Waals surface area contributed by atoms with Crippen molar-refractivity contribution in [1.82, 2.24) is 15.4 Å². The quantitative estimate of drug-likeness (QED) is 0.683. The SMILES string of the molecule is Cc1cccc(C)c1OC(C)C(=O)NNC(=O)Cn1ccc2ccccc21. The Labute approximate surface area is 158 Å². The lowest BCUT2D eigenvalue weighted by Crippen LogP contribution is -2.48. The molecule has 0 aliphatic heterocycles. The largest absolute Gasteiger partial charge is 0.480 e. The summed E-state index contributed by atoms with van der Waals surface area (Å²) in [7, 11) is 0. The van der Waals surface area contributed by atoms with Crippen molar-refractivity contribution >= 4 is 22.7 Å². The number of ether oxygens (including phenoxy) is 1. The third-order valence-electron chi connectivity index (χ3n) is 4.39. The summed E-state index contributed by atoms with van der Waals surface area (Å²) in [6, 6.07) is 15.5. The molecule has 0 spiro atoms. The van der Waals surface area contributed by atoms with Crippen LogP contribution in [-0.2, 0) is 16.1 Å². The van der Waals surface area contributed by atoms with E-state index in [4.69, 9.17) is 4.74 Å². The zero-order valence-corrected chi connectivity index (χ0v) is 15.7. The molecule has 1 aromatic heterocycles. The van der Waals surface area contributed by atoms with Crippen LogP contribution in [0.1, 0.15) is 18.1 Å². The summed E-state index contributed by atoms with van der Waals surface area (Å²) in [6.07, 6.45) is 1.11. The molecule has 0 saturated heterocycles. The van der Waals surface area contributed by atoms with E-state index in [2.05, 4.69) is 10.9 Å². The van der Waals surface area contributed by atoms with Crippen LogP contribution in [0.3, 0.4) is 0 Å². The molecule has 6 heteroatoms. The van der Waals surface area contributed by atoms with Crippen molar-refractivity contribution in [3.8, 4) is 5.75 Å². The summed E-state index contributed by atoms with van der Waals surface area (Å²) in [4.78, 5) is 24.4. The third kappa shape index (κ3) is 4.28. The van der Waals surface area contributed by atoms with Crippen LogP contribution in [0.2, 0.25) is 0 Å². The number of nitrogens with zero attached hydrogens (tertiary/aromatic N) is 1. The van der Waals surface area contributed by atoms with Gasteiger partial charge in [-0.25, -0.2) is 0 Å². The van der Waals surface area contributed by atoms with Gasteiger partial charge in [0.1, 0.15) is 12.3 Å². The monoisotopic (exact) mass is 365 g/mol. The molecule has 3 aromatic rings. The molecule has 2 N–H and O–H groups in total. The Balaban J connectivity index is 1.54. The number of hydrogen-bond acceptors (Lipinski definition) is 3. The number of nitrogens with one attached hydrogen (secondary N) is 2. The van der Waals surface area contributed by atoms with Gasteiger partial charge in [0.2, 0.25) is 0 Å². The first-order valence-corrected chi connectivity index (χ1v) is 8.81. The van der Waals surface area contributed by atoms with Crippen molar-refractivity contribution in [3.63, 3.8) is 0 Å². The summed E-state index contributed by atoms with van der Waals surface area (Å²) >= 11 is 0. The molecule has 1 atom stereocenters. The first-order valence-electron chi connectivity index (χ1n) is 8.81. The minimum Gasteiger partial charge on any atom is -0.480 e. The fourth-order valence-corrected chi connectivity index (χ4v) is 2.92. The highest BCUT2D eigenvalue weighted by molar-refractivity contribution is 5.86. The first kappa shape index (κ1) is 18.5. The molecule has 0 bridgehead atoms. The second-order valence-electron chi connectivity index (χ2n) is 6.52. The fourth-order valence-electron chi connectivity index (χ4n) is 2.92. The van der Waals surface area contributed by atoms with Crippen molar-refractivity contribution in [2.45, 2.75) is 33.4 Å². The van der Waals surface area contributed by atoms with Crippen molar-refractivity contribution in [1.29, 1.82) is 0 Å². The molecule has 0 aliphatic rings. The Morgan fingerprint density at radius 2 is 1.70 bits per heavy atom. The Hall–Kier alpha value is -3.28. The molecular formula is C21H23N3O3. The molecule has 2 aromatic carbocycles. The number of para-hydroxylation sites is 2. The Kier molecular flexibility index (Phi) is 5.45. The van der Waals surface area contributed by atoms with E-state index >= 15 is 0 Å². The van der Waals surface area contributed by atoms with Gasteiger partial charge in [0.25, 0.3) is 11.8 Å². The summed E-state index contributed by atoms with van der Waals surface area (Å²) in [5, 5.41) is 1.06. The standard InChI is InChI=1S/C21H23N3O3/c1-14-7-6-8-15(2)20(14)27-16(3)21(26)23-22-19(25)13-24-12-11-17-9-4-5-10-18(17)24/h4-12,16H,13H2,1-3H3,(H,22,25)(H,23,26). The molecule has 1 heterocycles. The van der Waals surface area contributed by atoms with Gasteiger partial charge in [-0.15, -0.1) is 0 Å². The van der Waals surface area contributed by atoms with E-state index in [1.165, 1.54) is 0 Å². The Morgan fingerprint density at radius 3 is 2.44 bits per heavy atom. The minimum absolute atomic E-state index is 0.111. The topological polar surface area (TPSA) is 72.4 Å². The number of fused-ring (bicyclic) bond motifs is 1. The lowest BCUT2D eigenvalue weighted by molar-refractivity contribution is -0.132. The number of rotatable bonds is 5. The van der Waals surface area contributed by atoms with Crippen LogP contribution < -0.4 is 15.6 Å². The zero-order valence-electron chi connectivity index (χ0n) is 15.7.